The van der Waals surface area contributed by atoms with Crippen LogP contribution in [0.25, 0.3) is 0 Å². The largest absolute Gasteiger partial charge is 0.414 e. The molecule has 4 rings (SSSR count). The molecule has 2 aliphatic heterocycles. The molecule has 0 aromatic heterocycles. The number of halogens is 1. The van der Waals surface area contributed by atoms with Crippen molar-refractivity contribution in [3.8, 4) is 0 Å². The Hall–Kier alpha value is -0.379. The Morgan fingerprint density at radius 2 is 1.30 bits per heavy atom. The van der Waals surface area contributed by atoms with E-state index in [9.17, 15) is 0 Å². The summed E-state index contributed by atoms with van der Waals surface area (Å²) in [6.07, 6.45) is 4.17. The van der Waals surface area contributed by atoms with E-state index in [0.29, 0.717) is 6.61 Å². The Bertz CT molecular complexity index is 1300. The van der Waals surface area contributed by atoms with E-state index in [4.69, 9.17) is 22.8 Å². The highest BCUT2D eigenvalue weighted by atomic mass is 127. The molecule has 9 heteroatoms. The molecule has 0 radical (unpaired) electrons. The van der Waals surface area contributed by atoms with Crippen LogP contribution in [0.2, 0.25) is 41.3 Å². The molecule has 2 aromatic carbocycles. The highest BCUT2D eigenvalue weighted by Gasteiger charge is 2.56. The first kappa shape index (κ1) is 42.4. The predicted molar refractivity (Wildman–Crippen MR) is 227 cm³/mol. The number of hydrogen-bond donors (Lipinski definition) is 0. The van der Waals surface area contributed by atoms with Gasteiger partial charge in [0.15, 0.2) is 22.4 Å². The smallest absolute Gasteiger partial charge is 0.261 e. The molecule has 0 bridgehead atoms. The zero-order valence-electron chi connectivity index (χ0n) is 33.5. The average Bonchev–Trinajstić information content (AvgIpc) is 3.04. The number of rotatable bonds is 14. The first-order chi connectivity index (χ1) is 23.3. The molecule has 0 aliphatic carbocycles. The van der Waals surface area contributed by atoms with E-state index in [2.05, 4.69) is 166 Å². The minimum atomic E-state index is -2.67. The van der Waals surface area contributed by atoms with Crippen LogP contribution in [-0.4, -0.2) is 65.7 Å². The Labute approximate surface area is 322 Å². The van der Waals surface area contributed by atoms with Crippen molar-refractivity contribution in [1.82, 2.24) is 0 Å². The van der Waals surface area contributed by atoms with Crippen LogP contribution in [0.5, 0.6) is 0 Å². The molecule has 2 heterocycles. The zero-order chi connectivity index (χ0) is 37.1. The van der Waals surface area contributed by atoms with Crippen molar-refractivity contribution in [2.75, 3.05) is 11.0 Å². The Kier molecular flexibility index (Phi) is 14.0. The maximum atomic E-state index is 7.40. The lowest BCUT2D eigenvalue weighted by atomic mass is 9.82. The maximum Gasteiger partial charge on any atom is 0.261 e. The van der Waals surface area contributed by atoms with Crippen LogP contribution in [0.15, 0.2) is 60.7 Å². The van der Waals surface area contributed by atoms with Gasteiger partial charge >= 0.3 is 0 Å². The molecule has 2 saturated heterocycles. The number of hydrogen-bond acceptors (Lipinski definition) is 5. The van der Waals surface area contributed by atoms with Gasteiger partial charge in [-0.15, -0.1) is 0 Å². The summed E-state index contributed by atoms with van der Waals surface area (Å²) in [5.74, 6) is -0.744. The minimum Gasteiger partial charge on any atom is -0.414 e. The molecule has 0 N–H and O–H groups in total. The van der Waals surface area contributed by atoms with Gasteiger partial charge < -0.3 is 22.8 Å². The van der Waals surface area contributed by atoms with Crippen LogP contribution < -0.4 is 10.4 Å². The van der Waals surface area contributed by atoms with E-state index in [1.807, 2.05) is 0 Å². The standard InChI is InChI=1S/C41H69IO5Si3/c1-13-49(14-2,15-3)46-34-28-33(44-41(30-34)32-40(10,29-35(31-42)45-41)47-48(11,12)38(4,5)6)26-27-43-50(39(7,8)9,36-22-18-16-19-23-36)37-24-20-17-21-25-37/h16-25,33-35H,13-15,26-32H2,1-12H3/t33-,34-,35+,40-,41+/m0/s1. The minimum absolute atomic E-state index is 0.0330. The average molecular weight is 853 g/mol. The van der Waals surface area contributed by atoms with Crippen molar-refractivity contribution < 1.29 is 22.8 Å². The van der Waals surface area contributed by atoms with E-state index in [-0.39, 0.29) is 34.0 Å². The molecule has 2 fully saturated rings. The molecule has 1 spiro atoms. The van der Waals surface area contributed by atoms with Crippen molar-refractivity contribution in [2.45, 2.75) is 172 Å². The fourth-order valence-corrected chi connectivity index (χ4v) is 18.1. The second kappa shape index (κ2) is 16.6. The van der Waals surface area contributed by atoms with Gasteiger partial charge in [-0.05, 0) is 71.4 Å². The summed E-state index contributed by atoms with van der Waals surface area (Å²) in [6, 6.07) is 25.3. The third kappa shape index (κ3) is 9.46. The van der Waals surface area contributed by atoms with Gasteiger partial charge in [-0.3, -0.25) is 0 Å². The molecular weight excluding hydrogens is 784 g/mol. The van der Waals surface area contributed by atoms with Crippen LogP contribution in [-0.2, 0) is 22.8 Å². The van der Waals surface area contributed by atoms with Gasteiger partial charge in [0.05, 0.1) is 23.9 Å². The van der Waals surface area contributed by atoms with Crippen LogP contribution in [0.4, 0.5) is 0 Å². The van der Waals surface area contributed by atoms with Crippen molar-refractivity contribution in [1.29, 1.82) is 0 Å². The molecular formula is C41H69IO5Si3. The van der Waals surface area contributed by atoms with Crippen molar-refractivity contribution in [3.63, 3.8) is 0 Å². The fourth-order valence-electron chi connectivity index (χ4n) is 8.48. The van der Waals surface area contributed by atoms with Crippen LogP contribution >= 0.6 is 22.6 Å². The third-order valence-corrected chi connectivity index (χ3v) is 27.5. The fraction of sp³-hybridized carbons (Fsp3) is 0.707. The Morgan fingerprint density at radius 3 is 1.76 bits per heavy atom. The van der Waals surface area contributed by atoms with Crippen LogP contribution in [0.1, 0.15) is 101 Å². The third-order valence-electron chi connectivity index (χ3n) is 12.1. The summed E-state index contributed by atoms with van der Waals surface area (Å²) < 4.78 is 37.3. The maximum absolute atomic E-state index is 7.40. The van der Waals surface area contributed by atoms with Gasteiger partial charge in [0.2, 0.25) is 0 Å². The van der Waals surface area contributed by atoms with E-state index in [1.165, 1.54) is 10.4 Å². The summed E-state index contributed by atoms with van der Waals surface area (Å²) >= 11 is 2.49. The van der Waals surface area contributed by atoms with Gasteiger partial charge in [-0.25, -0.2) is 0 Å². The van der Waals surface area contributed by atoms with Gasteiger partial charge in [0.1, 0.15) is 0 Å². The highest BCUT2D eigenvalue weighted by molar-refractivity contribution is 14.1. The first-order valence-corrected chi connectivity index (χ1v) is 28.2. The number of ether oxygens (including phenoxy) is 2. The van der Waals surface area contributed by atoms with E-state index in [1.54, 1.807) is 0 Å². The summed E-state index contributed by atoms with van der Waals surface area (Å²) in [5, 5.41) is 2.66. The zero-order valence-corrected chi connectivity index (χ0v) is 38.7. The highest BCUT2D eigenvalue weighted by Crippen LogP contribution is 2.50. The molecule has 2 aromatic rings. The predicted octanol–water partition coefficient (Wildman–Crippen LogP) is 10.6. The molecule has 5 nitrogen and oxygen atoms in total. The van der Waals surface area contributed by atoms with Crippen molar-refractivity contribution >= 4 is 57.9 Å². The Balaban J connectivity index is 1.69. The van der Waals surface area contributed by atoms with Crippen molar-refractivity contribution in [3.05, 3.63) is 60.7 Å². The molecule has 282 valence electrons. The monoisotopic (exact) mass is 852 g/mol. The quantitative estimate of drug-likeness (QED) is 0.108. The van der Waals surface area contributed by atoms with Gasteiger partial charge in [0, 0.05) is 30.3 Å². The summed E-state index contributed by atoms with van der Waals surface area (Å²) in [6.45, 7) is 28.7. The summed E-state index contributed by atoms with van der Waals surface area (Å²) in [7, 11) is -6.60. The second-order valence-corrected chi connectivity index (χ2v) is 32.6. The first-order valence-electron chi connectivity index (χ1n) is 19.4. The number of benzene rings is 2. The van der Waals surface area contributed by atoms with Crippen LogP contribution in [0, 0.1) is 0 Å². The summed E-state index contributed by atoms with van der Waals surface area (Å²) in [5.41, 5.74) is -0.330. The molecule has 0 saturated carbocycles. The Morgan fingerprint density at radius 1 is 0.780 bits per heavy atom. The SMILES string of the molecule is CC[Si](CC)(CC)O[C@H]1C[C@H](CCO[Si](c2ccccc2)(c2ccccc2)C(C)(C)C)O[C@@]2(C1)C[C@@](C)(O[Si](C)(C)C(C)(C)C)C[C@H](CI)O2. The van der Waals surface area contributed by atoms with Crippen molar-refractivity contribution in [2.24, 2.45) is 0 Å². The van der Waals surface area contributed by atoms with E-state index < -0.39 is 30.7 Å². The topological polar surface area (TPSA) is 46.2 Å². The lowest BCUT2D eigenvalue weighted by Gasteiger charge is -2.56. The lowest BCUT2D eigenvalue weighted by molar-refractivity contribution is -0.344. The number of alkyl halides is 1. The van der Waals surface area contributed by atoms with Crippen LogP contribution in [0.3, 0.4) is 0 Å². The summed E-state index contributed by atoms with van der Waals surface area (Å²) in [4.78, 5) is 0. The van der Waals surface area contributed by atoms with E-state index in [0.717, 1.165) is 54.7 Å². The second-order valence-electron chi connectivity index (χ2n) is 18.0. The van der Waals surface area contributed by atoms with Gasteiger partial charge in [-0.2, -0.15) is 0 Å². The molecule has 0 unspecified atom stereocenters. The van der Waals surface area contributed by atoms with E-state index >= 15 is 0 Å². The molecule has 2 aliphatic rings. The van der Waals surface area contributed by atoms with Gasteiger partial charge in [0.25, 0.3) is 8.32 Å². The normalized spacial score (nSPS) is 27.1. The molecule has 5 atom stereocenters. The van der Waals surface area contributed by atoms with Gasteiger partial charge in [-0.1, -0.05) is 146 Å². The molecule has 50 heavy (non-hydrogen) atoms. The molecule has 0 amide bonds. The lowest BCUT2D eigenvalue weighted by Crippen LogP contribution is -2.66.